The van der Waals surface area contributed by atoms with Crippen molar-refractivity contribution in [2.75, 3.05) is 13.7 Å². The van der Waals surface area contributed by atoms with E-state index in [2.05, 4.69) is 58.0 Å². The lowest BCUT2D eigenvalue weighted by Crippen LogP contribution is -2.44. The zero-order valence-electron chi connectivity index (χ0n) is 17.4. The summed E-state index contributed by atoms with van der Waals surface area (Å²) in [4.78, 5) is 0. The Kier molecular flexibility index (Phi) is 5.23. The molecule has 2 aromatic carbocycles. The second kappa shape index (κ2) is 8.16. The molecule has 1 saturated heterocycles. The first-order valence-electron chi connectivity index (χ1n) is 10.8. The van der Waals surface area contributed by atoms with Gasteiger partial charge in [0.2, 0.25) is 0 Å². The van der Waals surface area contributed by atoms with Crippen LogP contribution >= 0.6 is 0 Å². The summed E-state index contributed by atoms with van der Waals surface area (Å²) in [6, 6.07) is 15.3. The number of nitrogens with zero attached hydrogens (tertiary/aromatic N) is 5. The summed E-state index contributed by atoms with van der Waals surface area (Å²) in [5.74, 6) is 8.71. The highest BCUT2D eigenvalue weighted by Gasteiger charge is 2.32. The number of hydrazine groups is 1. The van der Waals surface area contributed by atoms with Crippen molar-refractivity contribution in [1.82, 2.24) is 25.2 Å². The predicted molar refractivity (Wildman–Crippen MR) is 115 cm³/mol. The van der Waals surface area contributed by atoms with Crippen LogP contribution in [0.2, 0.25) is 0 Å². The fraction of sp³-hybridized carbons (Fsp3) is 0.435. The fourth-order valence-electron chi connectivity index (χ4n) is 5.11. The Balaban J connectivity index is 1.53. The lowest BCUT2D eigenvalue weighted by atomic mass is 9.81. The summed E-state index contributed by atoms with van der Waals surface area (Å²) in [6.45, 7) is 1.77. The van der Waals surface area contributed by atoms with Crippen molar-refractivity contribution in [3.63, 3.8) is 0 Å². The Morgan fingerprint density at radius 1 is 1.13 bits per heavy atom. The minimum Gasteiger partial charge on any atom is -0.496 e. The molecule has 0 aliphatic carbocycles. The first kappa shape index (κ1) is 19.2. The summed E-state index contributed by atoms with van der Waals surface area (Å²) in [7, 11) is 1.76. The van der Waals surface area contributed by atoms with Gasteiger partial charge in [-0.2, -0.15) is 0 Å². The van der Waals surface area contributed by atoms with E-state index in [-0.39, 0.29) is 6.04 Å². The summed E-state index contributed by atoms with van der Waals surface area (Å²) in [5.41, 5.74) is 4.87. The average molecular weight is 405 g/mol. The molecular weight excluding hydrogens is 376 g/mol. The Morgan fingerprint density at radius 2 is 2.00 bits per heavy atom. The number of hydrogen-bond donors (Lipinski definition) is 1. The highest BCUT2D eigenvalue weighted by molar-refractivity contribution is 5.64. The third-order valence-electron chi connectivity index (χ3n) is 6.51. The maximum absolute atomic E-state index is 6.48. The van der Waals surface area contributed by atoms with Gasteiger partial charge in [0.25, 0.3) is 0 Å². The molecule has 5 rings (SSSR count). The van der Waals surface area contributed by atoms with Gasteiger partial charge in [-0.15, -0.1) is 5.10 Å². The van der Waals surface area contributed by atoms with Crippen LogP contribution in [0.25, 0.3) is 11.4 Å². The minimum absolute atomic E-state index is 0.203. The molecule has 2 aliphatic rings. The molecule has 2 N–H and O–H groups in total. The van der Waals surface area contributed by atoms with Crippen LogP contribution in [0.4, 0.5) is 0 Å². The topological polar surface area (TPSA) is 82.1 Å². The lowest BCUT2D eigenvalue weighted by molar-refractivity contribution is 0.0923. The van der Waals surface area contributed by atoms with Gasteiger partial charge in [0, 0.05) is 18.7 Å². The third-order valence-corrected chi connectivity index (χ3v) is 6.51. The maximum atomic E-state index is 6.48. The van der Waals surface area contributed by atoms with Gasteiger partial charge in [-0.25, -0.2) is 9.69 Å². The van der Waals surface area contributed by atoms with Crippen molar-refractivity contribution in [2.45, 2.75) is 44.7 Å². The van der Waals surface area contributed by atoms with Gasteiger partial charge in [0.05, 0.1) is 13.2 Å². The number of methoxy groups -OCH3 is 1. The first-order chi connectivity index (χ1) is 14.7. The Morgan fingerprint density at radius 3 is 2.83 bits per heavy atom. The summed E-state index contributed by atoms with van der Waals surface area (Å²) in [6.07, 6.45) is 5.17. The number of piperidine rings is 1. The SMILES string of the molecule is COc1cc2c(cc1C[C@@H]1CCCN(N)[C@@H]1c1ccccc1)-c1nnnn1CCC2. The van der Waals surface area contributed by atoms with Crippen molar-refractivity contribution in [3.05, 3.63) is 59.2 Å². The smallest absolute Gasteiger partial charge is 0.182 e. The van der Waals surface area contributed by atoms with Gasteiger partial charge in [-0.3, -0.25) is 5.84 Å². The quantitative estimate of drug-likeness (QED) is 0.673. The van der Waals surface area contributed by atoms with E-state index in [4.69, 9.17) is 10.6 Å². The zero-order valence-corrected chi connectivity index (χ0v) is 17.4. The molecule has 7 nitrogen and oxygen atoms in total. The normalized spacial score (nSPS) is 21.5. The number of hydrogen-bond acceptors (Lipinski definition) is 6. The van der Waals surface area contributed by atoms with Crippen molar-refractivity contribution < 1.29 is 4.74 Å². The van der Waals surface area contributed by atoms with Crippen molar-refractivity contribution in [2.24, 2.45) is 11.8 Å². The van der Waals surface area contributed by atoms with Crippen molar-refractivity contribution in [3.8, 4) is 17.1 Å². The van der Waals surface area contributed by atoms with Crippen LogP contribution in [0, 0.1) is 5.92 Å². The van der Waals surface area contributed by atoms with Gasteiger partial charge in [-0.05, 0) is 77.3 Å². The molecule has 0 bridgehead atoms. The number of benzene rings is 2. The van der Waals surface area contributed by atoms with E-state index in [0.717, 1.165) is 62.3 Å². The first-order valence-corrected chi connectivity index (χ1v) is 10.8. The molecule has 156 valence electrons. The zero-order chi connectivity index (χ0) is 20.5. The maximum Gasteiger partial charge on any atom is 0.182 e. The molecule has 30 heavy (non-hydrogen) atoms. The fourth-order valence-corrected chi connectivity index (χ4v) is 5.11. The molecule has 0 radical (unpaired) electrons. The number of aromatic nitrogens is 4. The van der Waals surface area contributed by atoms with E-state index in [1.807, 2.05) is 9.69 Å². The molecule has 3 aromatic rings. The van der Waals surface area contributed by atoms with Crippen molar-refractivity contribution >= 4 is 0 Å². The lowest BCUT2D eigenvalue weighted by Gasteiger charge is -2.39. The minimum atomic E-state index is 0.203. The second-order valence-corrected chi connectivity index (χ2v) is 8.35. The van der Waals surface area contributed by atoms with Crippen LogP contribution in [0.1, 0.15) is 42.0 Å². The third kappa shape index (κ3) is 3.48. The van der Waals surface area contributed by atoms with E-state index in [1.54, 1.807) is 7.11 Å². The van der Waals surface area contributed by atoms with Crippen LogP contribution in [-0.4, -0.2) is 38.9 Å². The Bertz CT molecular complexity index is 1020. The van der Waals surface area contributed by atoms with E-state index >= 15 is 0 Å². The number of nitrogens with two attached hydrogens (primary N) is 1. The van der Waals surface area contributed by atoms with Gasteiger partial charge in [-0.1, -0.05) is 30.3 Å². The molecule has 7 heteroatoms. The molecule has 1 fully saturated rings. The predicted octanol–water partition coefficient (Wildman–Crippen LogP) is 3.16. The summed E-state index contributed by atoms with van der Waals surface area (Å²) in [5, 5.41) is 14.4. The summed E-state index contributed by atoms with van der Waals surface area (Å²) >= 11 is 0. The molecule has 0 unspecified atom stereocenters. The van der Waals surface area contributed by atoms with Crippen LogP contribution in [0.5, 0.6) is 5.75 Å². The molecule has 3 heterocycles. The molecule has 0 saturated carbocycles. The van der Waals surface area contributed by atoms with Gasteiger partial charge in [0.1, 0.15) is 5.75 Å². The van der Waals surface area contributed by atoms with Gasteiger partial charge in [0.15, 0.2) is 5.82 Å². The van der Waals surface area contributed by atoms with E-state index in [9.17, 15) is 0 Å². The second-order valence-electron chi connectivity index (χ2n) is 8.35. The highest BCUT2D eigenvalue weighted by atomic mass is 16.5. The van der Waals surface area contributed by atoms with Crippen molar-refractivity contribution in [1.29, 1.82) is 0 Å². The van der Waals surface area contributed by atoms with Crippen LogP contribution < -0.4 is 10.6 Å². The molecule has 0 spiro atoms. The van der Waals surface area contributed by atoms with Crippen LogP contribution in [-0.2, 0) is 19.4 Å². The number of rotatable bonds is 4. The van der Waals surface area contributed by atoms with E-state index in [1.165, 1.54) is 16.7 Å². The summed E-state index contributed by atoms with van der Waals surface area (Å²) < 4.78 is 7.74. The van der Waals surface area contributed by atoms with Crippen LogP contribution in [0.15, 0.2) is 42.5 Å². The monoisotopic (exact) mass is 404 g/mol. The van der Waals surface area contributed by atoms with Gasteiger partial charge >= 0.3 is 0 Å². The van der Waals surface area contributed by atoms with E-state index in [0.29, 0.717) is 5.92 Å². The van der Waals surface area contributed by atoms with E-state index < -0.39 is 0 Å². The average Bonchev–Trinajstić information content (AvgIpc) is 3.17. The standard InChI is InChI=1S/C23H28N6O/c1-30-21-15-17-9-6-12-29-23(25-26-27-29)20(17)14-19(21)13-18-10-5-11-28(24)22(18)16-7-3-2-4-8-16/h2-4,7-8,14-15,18,22H,5-6,9-13,24H2,1H3/t18-,22+/m0/s1. The largest absolute Gasteiger partial charge is 0.496 e. The highest BCUT2D eigenvalue weighted by Crippen LogP contribution is 2.40. The molecule has 1 aromatic heterocycles. The Hall–Kier alpha value is -2.77. The number of ether oxygens (including phenoxy) is 1. The van der Waals surface area contributed by atoms with Gasteiger partial charge < -0.3 is 4.74 Å². The molecule has 2 aliphatic heterocycles. The molecule has 2 atom stereocenters. The number of aryl methyl sites for hydroxylation is 2. The Labute approximate surface area is 176 Å². The molecular formula is C23H28N6O. The molecule has 0 amide bonds. The number of fused-ring (bicyclic) bond motifs is 3. The number of tetrazole rings is 1. The van der Waals surface area contributed by atoms with Crippen LogP contribution in [0.3, 0.4) is 0 Å².